The molecule has 4 rings (SSSR count). The lowest BCUT2D eigenvalue weighted by atomic mass is 10.2. The van der Waals surface area contributed by atoms with Crippen LogP contribution in [0.5, 0.6) is 0 Å². The maximum absolute atomic E-state index is 4.55. The number of nitrogens with zero attached hydrogens (tertiary/aromatic N) is 2. The summed E-state index contributed by atoms with van der Waals surface area (Å²) in [6.45, 7) is 5.17. The van der Waals surface area contributed by atoms with E-state index in [4.69, 9.17) is 0 Å². The van der Waals surface area contributed by atoms with Gasteiger partial charge in [0.1, 0.15) is 0 Å². The van der Waals surface area contributed by atoms with Gasteiger partial charge in [0.2, 0.25) is 0 Å². The van der Waals surface area contributed by atoms with Crippen LogP contribution >= 0.6 is 0 Å². The summed E-state index contributed by atoms with van der Waals surface area (Å²) in [5.41, 5.74) is 8.47. The van der Waals surface area contributed by atoms with Gasteiger partial charge in [0, 0.05) is 18.6 Å². The molecule has 0 spiro atoms. The van der Waals surface area contributed by atoms with E-state index in [0.717, 1.165) is 49.3 Å². The third-order valence-electron chi connectivity index (χ3n) is 5.14. The van der Waals surface area contributed by atoms with Crippen molar-refractivity contribution in [3.63, 3.8) is 0 Å². The highest BCUT2D eigenvalue weighted by molar-refractivity contribution is 5.67. The highest BCUT2D eigenvalue weighted by atomic mass is 15.0. The molecule has 144 valence electrons. The Hall–Kier alpha value is -3.01. The molecular formula is C24H28N4. The first-order valence-electron chi connectivity index (χ1n) is 10.2. The van der Waals surface area contributed by atoms with Crippen LogP contribution in [-0.2, 0) is 19.4 Å². The summed E-state index contributed by atoms with van der Waals surface area (Å²) in [5.74, 6) is 0. The highest BCUT2D eigenvalue weighted by Gasteiger charge is 2.15. The van der Waals surface area contributed by atoms with Gasteiger partial charge in [0.15, 0.2) is 0 Å². The Kier molecular flexibility index (Phi) is 5.47. The molecule has 0 bridgehead atoms. The Morgan fingerprint density at radius 3 is 1.93 bits per heavy atom. The number of aryl methyl sites for hydroxylation is 2. The zero-order valence-electron chi connectivity index (χ0n) is 16.7. The minimum absolute atomic E-state index is 0.739. The van der Waals surface area contributed by atoms with Crippen LogP contribution in [0.3, 0.4) is 0 Å². The van der Waals surface area contributed by atoms with Crippen molar-refractivity contribution < 1.29 is 0 Å². The van der Waals surface area contributed by atoms with Crippen LogP contribution in [0.4, 0.5) is 0 Å². The number of H-pyrrole nitrogens is 2. The summed E-state index contributed by atoms with van der Waals surface area (Å²) in [7, 11) is 0. The van der Waals surface area contributed by atoms with Crippen molar-refractivity contribution in [2.75, 3.05) is 0 Å². The molecule has 0 aliphatic rings. The van der Waals surface area contributed by atoms with Gasteiger partial charge in [-0.1, -0.05) is 32.8 Å². The van der Waals surface area contributed by atoms with Gasteiger partial charge in [-0.3, -0.25) is 4.98 Å². The Labute approximate surface area is 166 Å². The van der Waals surface area contributed by atoms with Gasteiger partial charge in [0.25, 0.3) is 0 Å². The van der Waals surface area contributed by atoms with Gasteiger partial charge in [-0.05, 0) is 60.4 Å². The zero-order chi connectivity index (χ0) is 19.3. The van der Waals surface area contributed by atoms with E-state index >= 15 is 0 Å². The van der Waals surface area contributed by atoms with Gasteiger partial charge in [0.05, 0.1) is 35.0 Å². The Morgan fingerprint density at radius 1 is 0.821 bits per heavy atom. The van der Waals surface area contributed by atoms with Crippen molar-refractivity contribution in [2.45, 2.75) is 46.1 Å². The molecule has 4 aromatic heterocycles. The summed E-state index contributed by atoms with van der Waals surface area (Å²) < 4.78 is 2.35. The van der Waals surface area contributed by atoms with Crippen LogP contribution in [-0.4, -0.2) is 19.5 Å². The van der Waals surface area contributed by atoms with Crippen molar-refractivity contribution in [2.24, 2.45) is 0 Å². The SMILES string of the molecule is CCCc1c[nH]c(-c2ccc(-c3cc(CCC)c[nH]3)n2Cc2ccccn2)c1. The fourth-order valence-corrected chi connectivity index (χ4v) is 3.80. The maximum atomic E-state index is 4.55. The van der Waals surface area contributed by atoms with Crippen LogP contribution in [0.1, 0.15) is 43.5 Å². The zero-order valence-corrected chi connectivity index (χ0v) is 16.7. The number of hydrogen-bond donors (Lipinski definition) is 2. The van der Waals surface area contributed by atoms with E-state index in [1.807, 2.05) is 18.3 Å². The number of aromatic amines is 2. The van der Waals surface area contributed by atoms with Crippen molar-refractivity contribution in [1.82, 2.24) is 19.5 Å². The van der Waals surface area contributed by atoms with Gasteiger partial charge in [-0.2, -0.15) is 0 Å². The van der Waals surface area contributed by atoms with Crippen LogP contribution in [0.25, 0.3) is 22.8 Å². The first kappa shape index (κ1) is 18.4. The van der Waals surface area contributed by atoms with Crippen LogP contribution in [0, 0.1) is 0 Å². The van der Waals surface area contributed by atoms with Gasteiger partial charge >= 0.3 is 0 Å². The monoisotopic (exact) mass is 372 g/mol. The van der Waals surface area contributed by atoms with Crippen LogP contribution < -0.4 is 0 Å². The molecule has 0 amide bonds. The van der Waals surface area contributed by atoms with Crippen molar-refractivity contribution in [3.05, 3.63) is 77.9 Å². The lowest BCUT2D eigenvalue weighted by Gasteiger charge is -2.12. The number of pyridine rings is 1. The molecule has 0 saturated carbocycles. The molecule has 0 aromatic carbocycles. The molecule has 28 heavy (non-hydrogen) atoms. The van der Waals surface area contributed by atoms with E-state index in [9.17, 15) is 0 Å². The molecule has 0 unspecified atom stereocenters. The molecule has 2 N–H and O–H groups in total. The molecule has 4 heteroatoms. The lowest BCUT2D eigenvalue weighted by molar-refractivity contribution is 0.791. The Morgan fingerprint density at radius 2 is 1.43 bits per heavy atom. The van der Waals surface area contributed by atoms with Crippen molar-refractivity contribution in [3.8, 4) is 22.8 Å². The average molecular weight is 373 g/mol. The smallest absolute Gasteiger partial charge is 0.0655 e. The van der Waals surface area contributed by atoms with E-state index in [1.54, 1.807) is 0 Å². The molecule has 0 fully saturated rings. The van der Waals surface area contributed by atoms with Crippen molar-refractivity contribution in [1.29, 1.82) is 0 Å². The predicted molar refractivity (Wildman–Crippen MR) is 115 cm³/mol. The average Bonchev–Trinajstić information content (AvgIpc) is 3.43. The molecule has 0 saturated heterocycles. The van der Waals surface area contributed by atoms with Gasteiger partial charge in [-0.15, -0.1) is 0 Å². The van der Waals surface area contributed by atoms with E-state index in [-0.39, 0.29) is 0 Å². The first-order valence-corrected chi connectivity index (χ1v) is 10.2. The molecular weight excluding hydrogens is 344 g/mol. The standard InChI is InChI=1S/C24H28N4/c1-3-7-18-13-21(26-15-18)23-10-11-24(22-14-19(8-4-2)16-27-22)28(23)17-20-9-5-6-12-25-20/h5-6,9-16,26-27H,3-4,7-8,17H2,1-2H3. The molecule has 0 atom stereocenters. The molecule has 0 aliphatic carbocycles. The summed E-state index contributed by atoms with van der Waals surface area (Å²) in [6, 6.07) is 15.1. The predicted octanol–water partition coefficient (Wildman–Crippen LogP) is 5.83. The van der Waals surface area contributed by atoms with Crippen molar-refractivity contribution >= 4 is 0 Å². The topological polar surface area (TPSA) is 49.4 Å². The first-order chi connectivity index (χ1) is 13.8. The van der Waals surface area contributed by atoms with Gasteiger partial charge < -0.3 is 14.5 Å². The Bertz CT molecular complexity index is 958. The molecule has 4 nitrogen and oxygen atoms in total. The van der Waals surface area contributed by atoms with E-state index in [0.29, 0.717) is 0 Å². The highest BCUT2D eigenvalue weighted by Crippen LogP contribution is 2.30. The van der Waals surface area contributed by atoms with E-state index in [2.05, 4.69) is 76.1 Å². The third-order valence-corrected chi connectivity index (χ3v) is 5.14. The minimum Gasteiger partial charge on any atom is -0.360 e. The van der Waals surface area contributed by atoms with Crippen LogP contribution in [0.2, 0.25) is 0 Å². The summed E-state index contributed by atoms with van der Waals surface area (Å²) in [5, 5.41) is 0. The number of nitrogens with one attached hydrogen (secondary N) is 2. The quantitative estimate of drug-likeness (QED) is 0.402. The molecule has 4 aromatic rings. The normalized spacial score (nSPS) is 11.2. The third kappa shape index (κ3) is 3.81. The molecule has 4 heterocycles. The second kappa shape index (κ2) is 8.34. The summed E-state index contributed by atoms with van der Waals surface area (Å²) >= 11 is 0. The minimum atomic E-state index is 0.739. The summed E-state index contributed by atoms with van der Waals surface area (Å²) in [4.78, 5) is 11.5. The molecule has 0 radical (unpaired) electrons. The number of hydrogen-bond acceptors (Lipinski definition) is 1. The summed E-state index contributed by atoms with van der Waals surface area (Å²) in [6.07, 6.45) is 10.6. The fourth-order valence-electron chi connectivity index (χ4n) is 3.80. The largest absolute Gasteiger partial charge is 0.360 e. The number of aromatic nitrogens is 4. The fraction of sp³-hybridized carbons (Fsp3) is 0.292. The van der Waals surface area contributed by atoms with E-state index < -0.39 is 0 Å². The van der Waals surface area contributed by atoms with Gasteiger partial charge in [-0.25, -0.2) is 0 Å². The van der Waals surface area contributed by atoms with E-state index in [1.165, 1.54) is 22.5 Å². The molecule has 0 aliphatic heterocycles. The lowest BCUT2D eigenvalue weighted by Crippen LogP contribution is -2.05. The second-order valence-electron chi connectivity index (χ2n) is 7.35. The number of rotatable bonds is 8. The van der Waals surface area contributed by atoms with Crippen LogP contribution in [0.15, 0.2) is 61.1 Å². The second-order valence-corrected chi connectivity index (χ2v) is 7.35. The maximum Gasteiger partial charge on any atom is 0.0655 e. The Balaban J connectivity index is 1.75.